The van der Waals surface area contributed by atoms with Crippen LogP contribution in [0.25, 0.3) is 0 Å². The van der Waals surface area contributed by atoms with Gasteiger partial charge in [0.05, 0.1) is 13.0 Å². The Bertz CT molecular complexity index is 623. The molecule has 0 saturated heterocycles. The molecule has 2 N–H and O–H groups in total. The van der Waals surface area contributed by atoms with Crippen molar-refractivity contribution in [3.63, 3.8) is 0 Å². The molecule has 4 heteroatoms. The highest BCUT2D eigenvalue weighted by Gasteiger charge is 2.10. The highest BCUT2D eigenvalue weighted by molar-refractivity contribution is 5.78. The second-order valence-corrected chi connectivity index (χ2v) is 5.59. The van der Waals surface area contributed by atoms with Crippen molar-refractivity contribution in [3.05, 3.63) is 65.0 Å². The molecule has 0 aliphatic rings. The Balaban J connectivity index is 1.87. The van der Waals surface area contributed by atoms with Gasteiger partial charge in [-0.15, -0.1) is 0 Å². The normalized spacial score (nSPS) is 12.0. The second kappa shape index (κ2) is 7.71. The zero-order valence-corrected chi connectivity index (χ0v) is 13.0. The molecule has 4 nitrogen and oxygen atoms in total. The largest absolute Gasteiger partial charge is 0.392 e. The number of benzene rings is 1. The molecular weight excluding hydrogens is 276 g/mol. The fourth-order valence-corrected chi connectivity index (χ4v) is 2.35. The molecule has 2 rings (SSSR count). The molecule has 0 bridgehead atoms. The average molecular weight is 298 g/mol. The minimum atomic E-state index is -0.00201. The number of pyridine rings is 1. The van der Waals surface area contributed by atoms with E-state index in [2.05, 4.69) is 10.3 Å². The third-order valence-corrected chi connectivity index (χ3v) is 3.60. The van der Waals surface area contributed by atoms with Gasteiger partial charge < -0.3 is 10.4 Å². The summed E-state index contributed by atoms with van der Waals surface area (Å²) in [4.78, 5) is 16.4. The summed E-state index contributed by atoms with van der Waals surface area (Å²) in [6.45, 7) is 4.04. The molecule has 0 saturated carbocycles. The lowest BCUT2D eigenvalue weighted by atomic mass is 10.1. The summed E-state index contributed by atoms with van der Waals surface area (Å²) in [7, 11) is 0. The number of rotatable bonds is 6. The van der Waals surface area contributed by atoms with Crippen LogP contribution in [0.2, 0.25) is 0 Å². The number of hydrogen-bond acceptors (Lipinski definition) is 3. The van der Waals surface area contributed by atoms with Crippen LogP contribution < -0.4 is 5.32 Å². The van der Waals surface area contributed by atoms with Crippen LogP contribution >= 0.6 is 0 Å². The minimum absolute atomic E-state index is 0.00201. The predicted molar refractivity (Wildman–Crippen MR) is 86.4 cm³/mol. The Morgan fingerprint density at radius 2 is 1.91 bits per heavy atom. The van der Waals surface area contributed by atoms with Crippen LogP contribution in [0.15, 0.2) is 42.6 Å². The van der Waals surface area contributed by atoms with E-state index in [0.29, 0.717) is 6.42 Å². The maximum atomic E-state index is 12.1. The van der Waals surface area contributed by atoms with E-state index in [1.54, 1.807) is 6.20 Å². The van der Waals surface area contributed by atoms with Gasteiger partial charge in [-0.05, 0) is 36.6 Å². The Morgan fingerprint density at radius 3 is 2.55 bits per heavy atom. The number of aliphatic hydroxyl groups is 1. The summed E-state index contributed by atoms with van der Waals surface area (Å²) in [5, 5.41) is 12.0. The van der Waals surface area contributed by atoms with Crippen LogP contribution in [0.4, 0.5) is 0 Å². The van der Waals surface area contributed by atoms with Crippen LogP contribution in [0.1, 0.15) is 29.3 Å². The number of nitrogens with zero attached hydrogens (tertiary/aromatic N) is 1. The van der Waals surface area contributed by atoms with E-state index in [1.807, 2.05) is 50.2 Å². The van der Waals surface area contributed by atoms with Crippen molar-refractivity contribution in [3.8, 4) is 0 Å². The SMILES string of the molecule is Cc1cccnc1CC(C)NC(=O)Cc1ccc(CO)cc1. The maximum absolute atomic E-state index is 12.1. The highest BCUT2D eigenvalue weighted by Crippen LogP contribution is 2.08. The van der Waals surface area contributed by atoms with Gasteiger partial charge in [0.2, 0.25) is 5.91 Å². The van der Waals surface area contributed by atoms with Gasteiger partial charge in [0.25, 0.3) is 0 Å². The van der Waals surface area contributed by atoms with E-state index >= 15 is 0 Å². The Morgan fingerprint density at radius 1 is 1.23 bits per heavy atom. The molecule has 116 valence electrons. The standard InChI is InChI=1S/C18H22N2O2/c1-13-4-3-9-19-17(13)10-14(2)20-18(22)11-15-5-7-16(12-21)8-6-15/h3-9,14,21H,10-12H2,1-2H3,(H,20,22). The van der Waals surface area contributed by atoms with Crippen molar-refractivity contribution >= 4 is 5.91 Å². The van der Waals surface area contributed by atoms with E-state index in [0.717, 1.165) is 28.8 Å². The molecule has 1 aromatic heterocycles. The smallest absolute Gasteiger partial charge is 0.224 e. The summed E-state index contributed by atoms with van der Waals surface area (Å²) in [6.07, 6.45) is 2.85. The van der Waals surface area contributed by atoms with Gasteiger partial charge in [-0.3, -0.25) is 9.78 Å². The van der Waals surface area contributed by atoms with Crippen LogP contribution in [0, 0.1) is 6.92 Å². The average Bonchev–Trinajstić information content (AvgIpc) is 2.50. The molecule has 22 heavy (non-hydrogen) atoms. The first-order valence-corrected chi connectivity index (χ1v) is 7.47. The quantitative estimate of drug-likeness (QED) is 0.859. The van der Waals surface area contributed by atoms with Crippen molar-refractivity contribution in [2.75, 3.05) is 0 Å². The van der Waals surface area contributed by atoms with Crippen LogP contribution in [0.5, 0.6) is 0 Å². The van der Waals surface area contributed by atoms with E-state index in [-0.39, 0.29) is 18.6 Å². The lowest BCUT2D eigenvalue weighted by molar-refractivity contribution is -0.121. The first-order chi connectivity index (χ1) is 10.6. The third-order valence-electron chi connectivity index (χ3n) is 3.60. The third kappa shape index (κ3) is 4.67. The van der Waals surface area contributed by atoms with Crippen molar-refractivity contribution in [2.24, 2.45) is 0 Å². The van der Waals surface area contributed by atoms with Crippen molar-refractivity contribution in [2.45, 2.75) is 39.3 Å². The monoisotopic (exact) mass is 298 g/mol. The minimum Gasteiger partial charge on any atom is -0.392 e. The highest BCUT2D eigenvalue weighted by atomic mass is 16.3. The molecule has 1 amide bonds. The van der Waals surface area contributed by atoms with Gasteiger partial charge in [0, 0.05) is 24.4 Å². The number of carbonyl (C=O) groups excluding carboxylic acids is 1. The zero-order chi connectivity index (χ0) is 15.9. The maximum Gasteiger partial charge on any atom is 0.224 e. The fourth-order valence-electron chi connectivity index (χ4n) is 2.35. The van der Waals surface area contributed by atoms with E-state index in [1.165, 1.54) is 0 Å². The number of aromatic nitrogens is 1. The first-order valence-electron chi connectivity index (χ1n) is 7.47. The van der Waals surface area contributed by atoms with Gasteiger partial charge >= 0.3 is 0 Å². The van der Waals surface area contributed by atoms with Gasteiger partial charge in [-0.25, -0.2) is 0 Å². The van der Waals surface area contributed by atoms with Crippen molar-refractivity contribution in [1.82, 2.24) is 10.3 Å². The molecule has 0 radical (unpaired) electrons. The van der Waals surface area contributed by atoms with Crippen molar-refractivity contribution in [1.29, 1.82) is 0 Å². The Kier molecular flexibility index (Phi) is 5.67. The van der Waals surface area contributed by atoms with Gasteiger partial charge in [0.15, 0.2) is 0 Å². The summed E-state index contributed by atoms with van der Waals surface area (Å²) in [5.41, 5.74) is 3.95. The van der Waals surface area contributed by atoms with Crippen molar-refractivity contribution < 1.29 is 9.90 Å². The molecule has 1 atom stereocenters. The van der Waals surface area contributed by atoms with E-state index < -0.39 is 0 Å². The number of nitrogens with one attached hydrogen (secondary N) is 1. The van der Waals surface area contributed by atoms with Gasteiger partial charge in [-0.1, -0.05) is 30.3 Å². The zero-order valence-electron chi connectivity index (χ0n) is 13.0. The summed E-state index contributed by atoms with van der Waals surface area (Å²) >= 11 is 0. The molecule has 0 spiro atoms. The molecule has 1 aromatic carbocycles. The first kappa shape index (κ1) is 16.2. The molecule has 0 fully saturated rings. The topological polar surface area (TPSA) is 62.2 Å². The molecule has 0 aliphatic heterocycles. The summed E-state index contributed by atoms with van der Waals surface area (Å²) < 4.78 is 0. The number of carbonyl (C=O) groups is 1. The van der Waals surface area contributed by atoms with Gasteiger partial charge in [-0.2, -0.15) is 0 Å². The number of aliphatic hydroxyl groups excluding tert-OH is 1. The Hall–Kier alpha value is -2.20. The molecule has 0 aliphatic carbocycles. The fraction of sp³-hybridized carbons (Fsp3) is 0.333. The number of aryl methyl sites for hydroxylation is 1. The van der Waals surface area contributed by atoms with Crippen LogP contribution in [0.3, 0.4) is 0 Å². The molecular formula is C18H22N2O2. The number of amides is 1. The summed E-state index contributed by atoms with van der Waals surface area (Å²) in [5.74, 6) is -0.00201. The molecule has 1 unspecified atom stereocenters. The predicted octanol–water partition coefficient (Wildman–Crippen LogP) is 2.17. The molecule has 2 aromatic rings. The Labute approximate surface area is 131 Å². The molecule has 1 heterocycles. The van der Waals surface area contributed by atoms with Crippen LogP contribution in [-0.2, 0) is 24.2 Å². The lowest BCUT2D eigenvalue weighted by Crippen LogP contribution is -2.35. The van der Waals surface area contributed by atoms with Gasteiger partial charge in [0.1, 0.15) is 0 Å². The number of hydrogen-bond donors (Lipinski definition) is 2. The second-order valence-electron chi connectivity index (χ2n) is 5.59. The lowest BCUT2D eigenvalue weighted by Gasteiger charge is -2.14. The van der Waals surface area contributed by atoms with Crippen LogP contribution in [-0.4, -0.2) is 22.0 Å². The van der Waals surface area contributed by atoms with E-state index in [4.69, 9.17) is 5.11 Å². The summed E-state index contributed by atoms with van der Waals surface area (Å²) in [6, 6.07) is 11.4. The van der Waals surface area contributed by atoms with E-state index in [9.17, 15) is 4.79 Å².